The summed E-state index contributed by atoms with van der Waals surface area (Å²) in [6.07, 6.45) is 3.00. The average molecular weight is 330 g/mol. The minimum absolute atomic E-state index is 0.449. The zero-order chi connectivity index (χ0) is 16.2. The molecule has 0 radical (unpaired) electrons. The van der Waals surface area contributed by atoms with Crippen molar-refractivity contribution in [2.45, 2.75) is 25.8 Å². The van der Waals surface area contributed by atoms with Gasteiger partial charge in [-0.05, 0) is 60.7 Å². The fourth-order valence-electron chi connectivity index (χ4n) is 3.19. The minimum atomic E-state index is -0.829. The van der Waals surface area contributed by atoms with E-state index in [4.69, 9.17) is 11.6 Å². The second-order valence-electron chi connectivity index (χ2n) is 6.00. The van der Waals surface area contributed by atoms with Crippen LogP contribution in [0.5, 0.6) is 0 Å². The van der Waals surface area contributed by atoms with Crippen LogP contribution in [-0.4, -0.2) is 29.1 Å². The molecule has 0 fully saturated rings. The number of carboxylic acids is 1. The van der Waals surface area contributed by atoms with E-state index in [0.717, 1.165) is 49.5 Å². The highest BCUT2D eigenvalue weighted by atomic mass is 35.5. The zero-order valence-electron chi connectivity index (χ0n) is 13.0. The van der Waals surface area contributed by atoms with E-state index in [-0.39, 0.29) is 0 Å². The fourth-order valence-corrected chi connectivity index (χ4v) is 3.31. The Labute approximate surface area is 141 Å². The van der Waals surface area contributed by atoms with E-state index < -0.39 is 5.97 Å². The number of rotatable bonds is 5. The number of aryl methyl sites for hydroxylation is 1. The molecule has 3 nitrogen and oxygen atoms in total. The van der Waals surface area contributed by atoms with Gasteiger partial charge in [0.2, 0.25) is 0 Å². The topological polar surface area (TPSA) is 40.5 Å². The first-order valence-corrected chi connectivity index (χ1v) is 8.32. The monoisotopic (exact) mass is 329 g/mol. The molecule has 2 aromatic rings. The molecule has 0 saturated heterocycles. The molecule has 0 unspecified atom stereocenters. The summed E-state index contributed by atoms with van der Waals surface area (Å²) in [6, 6.07) is 13.6. The Hall–Kier alpha value is -1.84. The van der Waals surface area contributed by atoms with Crippen LogP contribution in [0.2, 0.25) is 5.02 Å². The van der Waals surface area contributed by atoms with Crippen molar-refractivity contribution >= 4 is 17.6 Å². The summed E-state index contributed by atoms with van der Waals surface area (Å²) in [5, 5.41) is 10.1. The smallest absolute Gasteiger partial charge is 0.336 e. The van der Waals surface area contributed by atoms with Crippen LogP contribution in [0.25, 0.3) is 0 Å². The van der Waals surface area contributed by atoms with Gasteiger partial charge in [-0.15, -0.1) is 0 Å². The minimum Gasteiger partial charge on any atom is -0.478 e. The molecule has 120 valence electrons. The van der Waals surface area contributed by atoms with Gasteiger partial charge < -0.3 is 5.11 Å². The van der Waals surface area contributed by atoms with Gasteiger partial charge in [0, 0.05) is 18.1 Å². The molecule has 0 aliphatic carbocycles. The van der Waals surface area contributed by atoms with Gasteiger partial charge in [0.05, 0.1) is 5.56 Å². The third-order valence-corrected chi connectivity index (χ3v) is 4.69. The van der Waals surface area contributed by atoms with Crippen LogP contribution in [0.3, 0.4) is 0 Å². The van der Waals surface area contributed by atoms with Crippen LogP contribution in [0.4, 0.5) is 0 Å². The second kappa shape index (κ2) is 7.16. The van der Waals surface area contributed by atoms with E-state index >= 15 is 0 Å². The van der Waals surface area contributed by atoms with Crippen LogP contribution in [0, 0.1) is 0 Å². The number of nitrogens with zero attached hydrogens (tertiary/aromatic N) is 1. The lowest BCUT2D eigenvalue weighted by Crippen LogP contribution is -2.32. The van der Waals surface area contributed by atoms with Crippen molar-refractivity contribution in [2.75, 3.05) is 13.1 Å². The molecule has 1 N–H and O–H groups in total. The lowest BCUT2D eigenvalue weighted by molar-refractivity contribution is 0.0693. The highest BCUT2D eigenvalue weighted by Crippen LogP contribution is 2.23. The Morgan fingerprint density at radius 1 is 1.17 bits per heavy atom. The first-order chi connectivity index (χ1) is 11.1. The molecule has 0 bridgehead atoms. The van der Waals surface area contributed by atoms with Crippen molar-refractivity contribution in [1.29, 1.82) is 0 Å². The van der Waals surface area contributed by atoms with Gasteiger partial charge in [-0.25, -0.2) is 4.79 Å². The molecule has 0 atom stereocenters. The molecule has 0 aromatic heterocycles. The molecule has 2 aromatic carbocycles. The molecule has 0 amide bonds. The number of hydrogen-bond acceptors (Lipinski definition) is 2. The van der Waals surface area contributed by atoms with Crippen molar-refractivity contribution in [2.24, 2.45) is 0 Å². The van der Waals surface area contributed by atoms with E-state index in [0.29, 0.717) is 5.56 Å². The lowest BCUT2D eigenvalue weighted by Gasteiger charge is -2.29. The van der Waals surface area contributed by atoms with Crippen molar-refractivity contribution in [3.8, 4) is 0 Å². The molecule has 1 aliphatic heterocycles. The van der Waals surface area contributed by atoms with Crippen LogP contribution in [-0.2, 0) is 19.4 Å². The summed E-state index contributed by atoms with van der Waals surface area (Å²) in [7, 11) is 0. The van der Waals surface area contributed by atoms with E-state index in [1.54, 1.807) is 6.07 Å². The largest absolute Gasteiger partial charge is 0.478 e. The maximum absolute atomic E-state index is 11.4. The molecule has 1 aliphatic rings. The SMILES string of the molecule is O=C(O)c1cccc2c1CN(CCCc1ccc(Cl)cc1)CC2. The van der Waals surface area contributed by atoms with Crippen molar-refractivity contribution in [1.82, 2.24) is 4.90 Å². The van der Waals surface area contributed by atoms with Gasteiger partial charge in [0.15, 0.2) is 0 Å². The predicted molar refractivity (Wildman–Crippen MR) is 92.2 cm³/mol. The molecule has 1 heterocycles. The van der Waals surface area contributed by atoms with Crippen molar-refractivity contribution < 1.29 is 9.90 Å². The van der Waals surface area contributed by atoms with Gasteiger partial charge in [0.1, 0.15) is 0 Å². The third-order valence-electron chi connectivity index (χ3n) is 4.44. The highest BCUT2D eigenvalue weighted by Gasteiger charge is 2.21. The Morgan fingerprint density at radius 2 is 1.96 bits per heavy atom. The van der Waals surface area contributed by atoms with Crippen molar-refractivity contribution in [3.63, 3.8) is 0 Å². The lowest BCUT2D eigenvalue weighted by atomic mass is 9.94. The summed E-state index contributed by atoms with van der Waals surface area (Å²) in [5.41, 5.74) is 3.90. The molecule has 23 heavy (non-hydrogen) atoms. The van der Waals surface area contributed by atoms with Crippen molar-refractivity contribution in [3.05, 3.63) is 69.7 Å². The number of benzene rings is 2. The molecular formula is C19H20ClNO2. The van der Waals surface area contributed by atoms with Gasteiger partial charge in [0.25, 0.3) is 0 Å². The first-order valence-electron chi connectivity index (χ1n) is 7.94. The second-order valence-corrected chi connectivity index (χ2v) is 6.44. The Balaban J connectivity index is 1.59. The van der Waals surface area contributed by atoms with E-state index in [2.05, 4.69) is 17.0 Å². The van der Waals surface area contributed by atoms with E-state index in [1.165, 1.54) is 11.1 Å². The number of halogens is 1. The van der Waals surface area contributed by atoms with Crippen LogP contribution in [0.15, 0.2) is 42.5 Å². The van der Waals surface area contributed by atoms with Gasteiger partial charge in [-0.3, -0.25) is 4.90 Å². The number of carboxylic acid groups (broad SMARTS) is 1. The number of carbonyl (C=O) groups is 1. The third kappa shape index (κ3) is 3.92. The van der Waals surface area contributed by atoms with Gasteiger partial charge in [-0.2, -0.15) is 0 Å². The maximum Gasteiger partial charge on any atom is 0.336 e. The average Bonchev–Trinajstić information content (AvgIpc) is 2.56. The Bertz CT molecular complexity index is 697. The standard InChI is InChI=1S/C19H20ClNO2/c20-16-8-6-14(7-9-16)3-2-11-21-12-10-15-4-1-5-17(19(22)23)18(15)13-21/h1,4-9H,2-3,10-13H2,(H,22,23). The van der Waals surface area contributed by atoms with Gasteiger partial charge >= 0.3 is 5.97 Å². The fraction of sp³-hybridized carbons (Fsp3) is 0.316. The Kier molecular flexibility index (Phi) is 4.99. The summed E-state index contributed by atoms with van der Waals surface area (Å²) < 4.78 is 0. The quantitative estimate of drug-likeness (QED) is 0.900. The number of aromatic carboxylic acids is 1. The molecule has 0 spiro atoms. The van der Waals surface area contributed by atoms with Crippen LogP contribution in [0.1, 0.15) is 33.5 Å². The maximum atomic E-state index is 11.4. The first kappa shape index (κ1) is 16.0. The normalized spacial score (nSPS) is 14.5. The molecule has 0 saturated carbocycles. The molecular weight excluding hydrogens is 310 g/mol. The van der Waals surface area contributed by atoms with Crippen LogP contribution >= 0.6 is 11.6 Å². The zero-order valence-corrected chi connectivity index (χ0v) is 13.7. The molecule has 3 rings (SSSR count). The number of fused-ring (bicyclic) bond motifs is 1. The summed E-state index contributed by atoms with van der Waals surface area (Å²) in [4.78, 5) is 13.7. The number of hydrogen-bond donors (Lipinski definition) is 1. The summed E-state index contributed by atoms with van der Waals surface area (Å²) in [5.74, 6) is -0.829. The van der Waals surface area contributed by atoms with E-state index in [1.807, 2.05) is 24.3 Å². The highest BCUT2D eigenvalue weighted by molar-refractivity contribution is 6.30. The summed E-state index contributed by atoms with van der Waals surface area (Å²) >= 11 is 5.90. The van der Waals surface area contributed by atoms with Gasteiger partial charge in [-0.1, -0.05) is 35.9 Å². The molecule has 4 heteroatoms. The van der Waals surface area contributed by atoms with E-state index in [9.17, 15) is 9.90 Å². The predicted octanol–water partition coefficient (Wildman–Crippen LogP) is 4.03. The van der Waals surface area contributed by atoms with Crippen LogP contribution < -0.4 is 0 Å². The Morgan fingerprint density at radius 3 is 2.70 bits per heavy atom. The summed E-state index contributed by atoms with van der Waals surface area (Å²) in [6.45, 7) is 2.71.